The number of aromatic nitrogens is 1. The molecule has 3 atom stereocenters. The number of alkyl halides is 1. The number of ether oxygens (including phenoxy) is 2. The number of piperidine rings is 1. The van der Waals surface area contributed by atoms with Gasteiger partial charge in [0.1, 0.15) is 12.4 Å². The maximum atomic E-state index is 11.6. The van der Waals surface area contributed by atoms with Crippen molar-refractivity contribution >= 4 is 23.0 Å². The minimum absolute atomic E-state index is 0.0562. The molecule has 1 aliphatic carbocycles. The highest BCUT2D eigenvalue weighted by Crippen LogP contribution is 2.46. The van der Waals surface area contributed by atoms with Crippen molar-refractivity contribution in [1.82, 2.24) is 10.3 Å². The number of nitrogens with one attached hydrogen (secondary N) is 1. The number of hydrogen-bond acceptors (Lipinski definition) is 6. The Bertz CT molecular complexity index is 815. The first kappa shape index (κ1) is 20.6. The molecule has 146 valence electrons. The summed E-state index contributed by atoms with van der Waals surface area (Å²) >= 11 is 0. The van der Waals surface area contributed by atoms with Gasteiger partial charge in [-0.2, -0.15) is 0 Å². The molecule has 1 amide bonds. The second-order valence-electron chi connectivity index (χ2n) is 5.98. The van der Waals surface area contributed by atoms with Crippen molar-refractivity contribution in [2.24, 2.45) is 17.6 Å². The molecule has 2 heterocycles. The van der Waals surface area contributed by atoms with E-state index >= 15 is 0 Å². The SMILES string of the molecule is CF.CN.COc1cc2c(OCC3NC(=O)C4CC34)nccc2cc1C=O. The third-order valence-electron chi connectivity index (χ3n) is 4.63. The van der Waals surface area contributed by atoms with E-state index in [1.165, 1.54) is 14.2 Å². The maximum absolute atomic E-state index is 11.6. The number of methoxy groups -OCH3 is 1. The van der Waals surface area contributed by atoms with Crippen LogP contribution in [0.15, 0.2) is 24.4 Å². The van der Waals surface area contributed by atoms with Gasteiger partial charge in [0, 0.05) is 17.5 Å². The van der Waals surface area contributed by atoms with Crippen molar-refractivity contribution in [3.8, 4) is 11.6 Å². The van der Waals surface area contributed by atoms with Gasteiger partial charge >= 0.3 is 0 Å². The van der Waals surface area contributed by atoms with Crippen LogP contribution >= 0.6 is 0 Å². The molecule has 3 unspecified atom stereocenters. The normalized spacial score (nSPS) is 21.7. The van der Waals surface area contributed by atoms with E-state index in [1.807, 2.05) is 6.07 Å². The van der Waals surface area contributed by atoms with Crippen LogP contribution in [-0.4, -0.2) is 51.2 Å². The summed E-state index contributed by atoms with van der Waals surface area (Å²) in [7, 11) is 3.52. The minimum Gasteiger partial charge on any atom is -0.496 e. The first-order valence-electron chi connectivity index (χ1n) is 8.52. The molecule has 27 heavy (non-hydrogen) atoms. The van der Waals surface area contributed by atoms with E-state index in [9.17, 15) is 14.0 Å². The Kier molecular flexibility index (Phi) is 7.06. The van der Waals surface area contributed by atoms with Crippen LogP contribution in [0.1, 0.15) is 16.8 Å². The average molecular weight is 377 g/mol. The number of benzene rings is 1. The quantitative estimate of drug-likeness (QED) is 0.769. The average Bonchev–Trinajstić information content (AvgIpc) is 3.48. The molecule has 1 aromatic carbocycles. The van der Waals surface area contributed by atoms with E-state index in [1.54, 1.807) is 18.3 Å². The van der Waals surface area contributed by atoms with Gasteiger partial charge in [-0.3, -0.25) is 14.0 Å². The highest BCUT2D eigenvalue weighted by molar-refractivity contribution is 5.94. The summed E-state index contributed by atoms with van der Waals surface area (Å²) in [6.07, 6.45) is 3.37. The van der Waals surface area contributed by atoms with Crippen molar-refractivity contribution in [1.29, 1.82) is 0 Å². The third-order valence-corrected chi connectivity index (χ3v) is 4.63. The molecule has 1 aromatic heterocycles. The van der Waals surface area contributed by atoms with Crippen molar-refractivity contribution in [2.75, 3.05) is 27.9 Å². The molecule has 7 nitrogen and oxygen atoms in total. The number of pyridine rings is 1. The number of aldehydes is 1. The molecule has 1 saturated carbocycles. The Balaban J connectivity index is 0.000000614. The molecule has 2 aliphatic rings. The summed E-state index contributed by atoms with van der Waals surface area (Å²) in [5.74, 6) is 1.68. The molecule has 2 fully saturated rings. The number of halogens is 1. The zero-order valence-corrected chi connectivity index (χ0v) is 15.6. The van der Waals surface area contributed by atoms with Crippen LogP contribution in [-0.2, 0) is 4.79 Å². The van der Waals surface area contributed by atoms with Gasteiger partial charge < -0.3 is 20.5 Å². The zero-order chi connectivity index (χ0) is 20.0. The lowest BCUT2D eigenvalue weighted by Gasteiger charge is -2.15. The molecular weight excluding hydrogens is 353 g/mol. The second-order valence-corrected chi connectivity index (χ2v) is 5.98. The lowest BCUT2D eigenvalue weighted by molar-refractivity contribution is -0.121. The molecule has 0 bridgehead atoms. The Morgan fingerprint density at radius 2 is 2.11 bits per heavy atom. The number of hydrogen-bond donors (Lipinski definition) is 2. The number of carbonyl (C=O) groups is 2. The Hall–Kier alpha value is -2.74. The molecular formula is C19H24FN3O4. The van der Waals surface area contributed by atoms with Crippen molar-refractivity contribution in [3.63, 3.8) is 0 Å². The highest BCUT2D eigenvalue weighted by Gasteiger charge is 2.54. The zero-order valence-electron chi connectivity index (χ0n) is 15.6. The van der Waals surface area contributed by atoms with Gasteiger partial charge in [-0.25, -0.2) is 4.98 Å². The van der Waals surface area contributed by atoms with Gasteiger partial charge in [0.25, 0.3) is 0 Å². The Morgan fingerprint density at radius 1 is 1.37 bits per heavy atom. The molecule has 8 heteroatoms. The second kappa shape index (κ2) is 9.27. The highest BCUT2D eigenvalue weighted by atomic mass is 19.1. The van der Waals surface area contributed by atoms with Crippen LogP contribution in [0.4, 0.5) is 4.39 Å². The molecule has 1 saturated heterocycles. The fourth-order valence-corrected chi connectivity index (χ4v) is 3.27. The van der Waals surface area contributed by atoms with E-state index in [0.717, 1.165) is 23.5 Å². The molecule has 0 spiro atoms. The van der Waals surface area contributed by atoms with E-state index in [2.05, 4.69) is 16.0 Å². The van der Waals surface area contributed by atoms with Crippen LogP contribution in [0.5, 0.6) is 11.6 Å². The topological polar surface area (TPSA) is 104 Å². The molecule has 4 rings (SSSR count). The van der Waals surface area contributed by atoms with Gasteiger partial charge in [-0.15, -0.1) is 0 Å². The minimum atomic E-state index is 0.0562. The summed E-state index contributed by atoms with van der Waals surface area (Å²) in [4.78, 5) is 27.0. The molecule has 0 radical (unpaired) electrons. The lowest BCUT2D eigenvalue weighted by Crippen LogP contribution is -2.35. The predicted molar refractivity (Wildman–Crippen MR) is 99.8 cm³/mol. The fourth-order valence-electron chi connectivity index (χ4n) is 3.27. The Labute approximate surface area is 157 Å². The summed E-state index contributed by atoms with van der Waals surface area (Å²) in [6.45, 7) is 0.400. The van der Waals surface area contributed by atoms with Crippen LogP contribution in [0, 0.1) is 11.8 Å². The standard InChI is InChI=1S/C17H16N2O4.CH3F.CH5N/c1-22-15-6-11-9(4-10(15)7-20)2-3-18-17(11)23-8-14-12-5-13(12)16(21)19-14;2*1-2/h2-4,6-7,12-14H,5,8H2,1H3,(H,19,21);1H3;2H2,1H3. The number of rotatable bonds is 5. The number of amides is 1. The van der Waals surface area contributed by atoms with Gasteiger partial charge in [0.05, 0.1) is 25.9 Å². The predicted octanol–water partition coefficient (Wildman–Crippen LogP) is 1.73. The summed E-state index contributed by atoms with van der Waals surface area (Å²) in [5.41, 5.74) is 4.99. The Morgan fingerprint density at radius 3 is 2.67 bits per heavy atom. The van der Waals surface area contributed by atoms with Crippen molar-refractivity contribution in [3.05, 3.63) is 30.0 Å². The van der Waals surface area contributed by atoms with Crippen LogP contribution in [0.25, 0.3) is 10.8 Å². The van der Waals surface area contributed by atoms with Crippen LogP contribution in [0.3, 0.4) is 0 Å². The van der Waals surface area contributed by atoms with Crippen LogP contribution in [0.2, 0.25) is 0 Å². The van der Waals surface area contributed by atoms with E-state index in [4.69, 9.17) is 9.47 Å². The van der Waals surface area contributed by atoms with E-state index in [-0.39, 0.29) is 17.9 Å². The number of nitrogens with zero attached hydrogens (tertiary/aromatic N) is 1. The smallest absolute Gasteiger partial charge is 0.223 e. The van der Waals surface area contributed by atoms with Gasteiger partial charge in [-0.05, 0) is 43.0 Å². The maximum Gasteiger partial charge on any atom is 0.223 e. The van der Waals surface area contributed by atoms with Gasteiger partial charge in [-0.1, -0.05) is 0 Å². The largest absolute Gasteiger partial charge is 0.496 e. The monoisotopic (exact) mass is 377 g/mol. The molecule has 3 N–H and O–H groups in total. The van der Waals surface area contributed by atoms with E-state index in [0.29, 0.717) is 36.9 Å². The fraction of sp³-hybridized carbons (Fsp3) is 0.421. The molecule has 2 aromatic rings. The summed E-state index contributed by atoms with van der Waals surface area (Å²) in [5, 5.41) is 4.59. The lowest BCUT2D eigenvalue weighted by atomic mass is 10.1. The van der Waals surface area contributed by atoms with E-state index < -0.39 is 0 Å². The van der Waals surface area contributed by atoms with Crippen molar-refractivity contribution < 1.29 is 23.5 Å². The summed E-state index contributed by atoms with van der Waals surface area (Å²) < 4.78 is 20.6. The number of carbonyl (C=O) groups excluding carboxylic acids is 2. The van der Waals surface area contributed by atoms with Gasteiger partial charge in [0.2, 0.25) is 11.8 Å². The first-order valence-corrected chi connectivity index (χ1v) is 8.52. The van der Waals surface area contributed by atoms with Gasteiger partial charge in [0.15, 0.2) is 6.29 Å². The summed E-state index contributed by atoms with van der Waals surface area (Å²) in [6, 6.07) is 5.39. The number of fused-ring (bicyclic) bond motifs is 2. The van der Waals surface area contributed by atoms with Crippen molar-refractivity contribution in [2.45, 2.75) is 12.5 Å². The third kappa shape index (κ3) is 4.16. The number of nitrogens with two attached hydrogens (primary N) is 1. The van der Waals surface area contributed by atoms with Crippen LogP contribution < -0.4 is 20.5 Å². The first-order chi connectivity index (χ1) is 13.2. The molecule has 1 aliphatic heterocycles.